The highest BCUT2D eigenvalue weighted by atomic mass is 32.2. The molecule has 12 heavy (non-hydrogen) atoms. The molecule has 0 aliphatic heterocycles. The maximum atomic E-state index is 11.3. The van der Waals surface area contributed by atoms with E-state index in [0.29, 0.717) is 0 Å². The van der Waals surface area contributed by atoms with Gasteiger partial charge in [0.15, 0.2) is 0 Å². The van der Waals surface area contributed by atoms with E-state index < -0.39 is 10.2 Å². The minimum atomic E-state index is -3.49. The van der Waals surface area contributed by atoms with Crippen LogP contribution < -0.4 is 0 Å². The molecule has 0 saturated carbocycles. The van der Waals surface area contributed by atoms with Gasteiger partial charge in [-0.25, -0.2) is 4.98 Å². The van der Waals surface area contributed by atoms with Gasteiger partial charge in [0.1, 0.15) is 6.33 Å². The van der Waals surface area contributed by atoms with E-state index in [2.05, 4.69) is 22.3 Å². The van der Waals surface area contributed by atoms with Crippen molar-refractivity contribution in [3.8, 4) is 0 Å². The number of aromatic amines is 1. The van der Waals surface area contributed by atoms with Gasteiger partial charge >= 0.3 is 10.2 Å². The van der Waals surface area contributed by atoms with Crippen molar-refractivity contribution in [1.29, 1.82) is 0 Å². The second-order valence-corrected chi connectivity index (χ2v) is 4.65. The maximum absolute atomic E-state index is 11.3. The molecule has 1 N–H and O–H groups in total. The largest absolute Gasteiger partial charge is 0.322 e. The fourth-order valence-electron chi connectivity index (χ4n) is 0.550. The summed E-state index contributed by atoms with van der Waals surface area (Å²) in [5.41, 5.74) is 0. The summed E-state index contributed by atoms with van der Waals surface area (Å²) in [5, 5.41) is 2.39. The molecule has 0 aliphatic carbocycles. The second-order valence-electron chi connectivity index (χ2n) is 2.25. The van der Waals surface area contributed by atoms with Gasteiger partial charge in [0.25, 0.3) is 0 Å². The number of aromatic nitrogens is 3. The first-order valence-electron chi connectivity index (χ1n) is 3.01. The monoisotopic (exact) mass is 208 g/mol. The second kappa shape index (κ2) is 2.96. The fraction of sp³-hybridized carbons (Fsp3) is 0.500. The topological polar surface area (TPSA) is 71.0 Å². The molecule has 0 atom stereocenters. The first-order valence-corrected chi connectivity index (χ1v) is 4.82. The van der Waals surface area contributed by atoms with E-state index in [1.54, 1.807) is 0 Å². The van der Waals surface area contributed by atoms with E-state index in [4.69, 9.17) is 0 Å². The van der Waals surface area contributed by atoms with E-state index >= 15 is 0 Å². The van der Waals surface area contributed by atoms with Crippen LogP contribution >= 0.6 is 12.2 Å². The number of nitrogens with zero attached hydrogens (tertiary/aromatic N) is 3. The van der Waals surface area contributed by atoms with Gasteiger partial charge in [0.05, 0.1) is 0 Å². The van der Waals surface area contributed by atoms with Crippen LogP contribution in [0.25, 0.3) is 0 Å². The van der Waals surface area contributed by atoms with Crippen LogP contribution in [-0.2, 0) is 10.2 Å². The SMILES string of the molecule is CN(C)S(=O)(=O)n1cnc(=S)[nH]1. The van der Waals surface area contributed by atoms with Gasteiger partial charge in [-0.1, -0.05) is 0 Å². The third-order valence-electron chi connectivity index (χ3n) is 1.20. The minimum absolute atomic E-state index is 0.139. The third kappa shape index (κ3) is 1.54. The van der Waals surface area contributed by atoms with E-state index in [1.165, 1.54) is 14.1 Å². The third-order valence-corrected chi connectivity index (χ3v) is 3.00. The van der Waals surface area contributed by atoms with Crippen LogP contribution in [0.3, 0.4) is 0 Å². The van der Waals surface area contributed by atoms with Gasteiger partial charge < -0.3 is 0 Å². The average molecular weight is 208 g/mol. The molecule has 1 aromatic heterocycles. The zero-order chi connectivity index (χ0) is 9.35. The summed E-state index contributed by atoms with van der Waals surface area (Å²) >= 11 is 4.62. The van der Waals surface area contributed by atoms with Crippen molar-refractivity contribution >= 4 is 22.4 Å². The molecular formula is C4H8N4O2S2. The molecule has 0 unspecified atom stereocenters. The highest BCUT2D eigenvalue weighted by Crippen LogP contribution is 1.96. The molecule has 8 heteroatoms. The Kier molecular flexibility index (Phi) is 2.31. The average Bonchev–Trinajstić information content (AvgIpc) is 2.35. The predicted octanol–water partition coefficient (Wildman–Crippen LogP) is -0.405. The van der Waals surface area contributed by atoms with Crippen LogP contribution in [0.5, 0.6) is 0 Å². The Labute approximate surface area is 75.0 Å². The Morgan fingerprint density at radius 3 is 2.58 bits per heavy atom. The predicted molar refractivity (Wildman–Crippen MR) is 45.4 cm³/mol. The zero-order valence-electron chi connectivity index (χ0n) is 6.55. The first-order chi connectivity index (χ1) is 5.44. The molecule has 0 amide bonds. The molecule has 0 spiro atoms. The van der Waals surface area contributed by atoms with Crippen LogP contribution in [0.15, 0.2) is 6.33 Å². The number of nitrogens with one attached hydrogen (secondary N) is 1. The van der Waals surface area contributed by atoms with Gasteiger partial charge in [0.2, 0.25) is 4.77 Å². The summed E-state index contributed by atoms with van der Waals surface area (Å²) in [4.78, 5) is 3.58. The molecule has 6 nitrogen and oxygen atoms in total. The Balaban J connectivity index is 3.24. The Morgan fingerprint density at radius 2 is 2.25 bits per heavy atom. The summed E-state index contributed by atoms with van der Waals surface area (Å²) in [7, 11) is -0.645. The fourth-order valence-corrected chi connectivity index (χ4v) is 1.47. The Morgan fingerprint density at radius 1 is 1.67 bits per heavy atom. The molecule has 1 aromatic rings. The van der Waals surface area contributed by atoms with E-state index in [0.717, 1.165) is 14.7 Å². The molecule has 1 rings (SSSR count). The maximum Gasteiger partial charge on any atom is 0.322 e. The number of hydrogen-bond donors (Lipinski definition) is 1. The highest BCUT2D eigenvalue weighted by molar-refractivity contribution is 7.87. The minimum Gasteiger partial charge on any atom is -0.256 e. The summed E-state index contributed by atoms with van der Waals surface area (Å²) in [6, 6.07) is 0. The molecule has 1 heterocycles. The van der Waals surface area contributed by atoms with Crippen molar-refractivity contribution in [1.82, 2.24) is 18.5 Å². The summed E-state index contributed by atoms with van der Waals surface area (Å²) in [6.07, 6.45) is 1.12. The summed E-state index contributed by atoms with van der Waals surface area (Å²) in [5.74, 6) is 0. The van der Waals surface area contributed by atoms with Crippen molar-refractivity contribution in [3.63, 3.8) is 0 Å². The molecular weight excluding hydrogens is 200 g/mol. The van der Waals surface area contributed by atoms with Gasteiger partial charge in [-0.05, 0) is 12.2 Å². The molecule has 0 aliphatic rings. The quantitative estimate of drug-likeness (QED) is 0.671. The lowest BCUT2D eigenvalue weighted by atomic mass is 11.3. The van der Waals surface area contributed by atoms with Crippen molar-refractivity contribution in [2.24, 2.45) is 0 Å². The first kappa shape index (κ1) is 9.36. The van der Waals surface area contributed by atoms with Gasteiger partial charge in [-0.3, -0.25) is 5.10 Å². The summed E-state index contributed by atoms with van der Waals surface area (Å²) < 4.78 is 24.7. The van der Waals surface area contributed by atoms with Gasteiger partial charge in [-0.2, -0.15) is 16.8 Å². The molecule has 0 radical (unpaired) electrons. The van der Waals surface area contributed by atoms with Crippen LogP contribution in [0.1, 0.15) is 0 Å². The van der Waals surface area contributed by atoms with Crippen LogP contribution in [-0.4, -0.2) is 41.0 Å². The lowest BCUT2D eigenvalue weighted by Gasteiger charge is -2.09. The lowest BCUT2D eigenvalue weighted by molar-refractivity contribution is 0.503. The highest BCUT2D eigenvalue weighted by Gasteiger charge is 2.15. The van der Waals surface area contributed by atoms with E-state index in [9.17, 15) is 8.42 Å². The van der Waals surface area contributed by atoms with E-state index in [1.807, 2.05) is 0 Å². The van der Waals surface area contributed by atoms with E-state index in [-0.39, 0.29) is 4.77 Å². The van der Waals surface area contributed by atoms with Crippen molar-refractivity contribution in [3.05, 3.63) is 11.1 Å². The zero-order valence-corrected chi connectivity index (χ0v) is 8.18. The van der Waals surface area contributed by atoms with Crippen molar-refractivity contribution < 1.29 is 8.42 Å². The number of rotatable bonds is 2. The molecule has 0 aromatic carbocycles. The van der Waals surface area contributed by atoms with Crippen molar-refractivity contribution in [2.45, 2.75) is 0 Å². The Hall–Kier alpha value is -0.730. The standard InChI is InChI=1S/C4H8N4O2S2/c1-7(2)12(9,10)8-3-5-4(11)6-8/h3H,1-2H3,(H,6,11). The summed E-state index contributed by atoms with van der Waals surface area (Å²) in [6.45, 7) is 0. The van der Waals surface area contributed by atoms with Crippen LogP contribution in [0.4, 0.5) is 0 Å². The van der Waals surface area contributed by atoms with Crippen LogP contribution in [0.2, 0.25) is 0 Å². The Bertz CT molecular complexity index is 414. The van der Waals surface area contributed by atoms with Crippen molar-refractivity contribution in [2.75, 3.05) is 14.1 Å². The molecule has 0 saturated heterocycles. The molecule has 68 valence electrons. The molecule has 0 fully saturated rings. The van der Waals surface area contributed by atoms with Crippen LogP contribution in [0, 0.1) is 4.77 Å². The molecule has 0 bridgehead atoms. The lowest BCUT2D eigenvalue weighted by Crippen LogP contribution is -2.29. The number of hydrogen-bond acceptors (Lipinski definition) is 4. The number of H-pyrrole nitrogens is 1. The van der Waals surface area contributed by atoms with Gasteiger partial charge in [-0.15, -0.1) is 0 Å². The smallest absolute Gasteiger partial charge is 0.256 e. The normalized spacial score (nSPS) is 12.2. The van der Waals surface area contributed by atoms with Gasteiger partial charge in [0, 0.05) is 14.1 Å².